The Morgan fingerprint density at radius 3 is 2.18 bits per heavy atom. The molecule has 28 heavy (non-hydrogen) atoms. The van der Waals surface area contributed by atoms with E-state index >= 15 is 0 Å². The van der Waals surface area contributed by atoms with E-state index in [-0.39, 0.29) is 23.1 Å². The van der Waals surface area contributed by atoms with Gasteiger partial charge in [0.2, 0.25) is 5.60 Å². The number of rotatable bonds is 2. The molecule has 5 rings (SSSR count). The topological polar surface area (TPSA) is 46.5 Å². The van der Waals surface area contributed by atoms with Crippen LogP contribution in [0.25, 0.3) is 11.1 Å². The van der Waals surface area contributed by atoms with E-state index in [0.717, 1.165) is 28.5 Å². The second-order valence-electron chi connectivity index (χ2n) is 8.76. The van der Waals surface area contributed by atoms with Crippen molar-refractivity contribution in [3.8, 4) is 11.1 Å². The summed E-state index contributed by atoms with van der Waals surface area (Å²) in [6.07, 6.45) is 4.23. The fourth-order valence-corrected chi connectivity index (χ4v) is 5.71. The quantitative estimate of drug-likeness (QED) is 0.533. The third-order valence-corrected chi connectivity index (χ3v) is 7.24. The van der Waals surface area contributed by atoms with Gasteiger partial charge < -0.3 is 31.3 Å². The Bertz CT molecular complexity index is 880. The monoisotopic (exact) mass is 443 g/mol. The van der Waals surface area contributed by atoms with E-state index < -0.39 is 11.6 Å². The summed E-state index contributed by atoms with van der Waals surface area (Å²) in [5.74, 6) is -0.530. The number of carbonyl (C=O) groups excluding carboxylic acids is 1. The van der Waals surface area contributed by atoms with Crippen LogP contribution in [0.4, 0.5) is 0 Å². The molecule has 0 radical (unpaired) electrons. The molecule has 2 aromatic carbocycles. The van der Waals surface area contributed by atoms with Gasteiger partial charge in [-0.15, -0.1) is 0 Å². The van der Waals surface area contributed by atoms with Crippen LogP contribution < -0.4 is 17.0 Å². The molecule has 0 saturated carbocycles. The van der Waals surface area contributed by atoms with Gasteiger partial charge in [-0.2, -0.15) is 0 Å². The first kappa shape index (κ1) is 19.6. The molecule has 2 aromatic rings. The fraction of sp³-hybridized carbons (Fsp3) is 0.435. The molecule has 2 fully saturated rings. The second-order valence-corrected chi connectivity index (χ2v) is 8.76. The second kappa shape index (κ2) is 6.68. The predicted molar refractivity (Wildman–Crippen MR) is 103 cm³/mol. The van der Waals surface area contributed by atoms with E-state index in [1.165, 1.54) is 12.8 Å². The molecule has 3 aliphatic rings. The average Bonchev–Trinajstić information content (AvgIpc) is 2.94. The van der Waals surface area contributed by atoms with Crippen molar-refractivity contribution in [3.63, 3.8) is 0 Å². The van der Waals surface area contributed by atoms with Crippen LogP contribution in [0, 0.1) is 0 Å². The number of piperidine rings is 1. The lowest BCUT2D eigenvalue weighted by molar-refractivity contribution is -0.931. The van der Waals surface area contributed by atoms with E-state index in [9.17, 15) is 9.90 Å². The van der Waals surface area contributed by atoms with Gasteiger partial charge in [-0.25, -0.2) is 4.79 Å². The largest absolute Gasteiger partial charge is 1.00 e. The van der Waals surface area contributed by atoms with E-state index in [1.54, 1.807) is 0 Å². The lowest BCUT2D eigenvalue weighted by Gasteiger charge is -2.41. The predicted octanol–water partition coefficient (Wildman–Crippen LogP) is 0.220. The van der Waals surface area contributed by atoms with Crippen molar-refractivity contribution in [2.24, 2.45) is 0 Å². The highest BCUT2D eigenvalue weighted by atomic mass is 79.9. The van der Waals surface area contributed by atoms with Crippen molar-refractivity contribution in [2.45, 2.75) is 49.5 Å². The molecule has 2 saturated heterocycles. The summed E-state index contributed by atoms with van der Waals surface area (Å²) in [6.45, 7) is 0. The normalized spacial score (nSPS) is 28.0. The number of benzene rings is 2. The molecule has 0 amide bonds. The maximum Gasteiger partial charge on any atom is 0.348 e. The van der Waals surface area contributed by atoms with Gasteiger partial charge in [-0.05, 0) is 24.0 Å². The van der Waals surface area contributed by atoms with Crippen LogP contribution in [0.5, 0.6) is 0 Å². The molecule has 0 spiro atoms. The zero-order valence-corrected chi connectivity index (χ0v) is 17.9. The number of quaternary nitrogens is 1. The highest BCUT2D eigenvalue weighted by Crippen LogP contribution is 2.49. The van der Waals surface area contributed by atoms with Crippen molar-refractivity contribution in [1.82, 2.24) is 0 Å². The molecule has 148 valence electrons. The van der Waals surface area contributed by atoms with Gasteiger partial charge in [0.1, 0.15) is 6.04 Å². The third kappa shape index (κ3) is 2.53. The van der Waals surface area contributed by atoms with Crippen LogP contribution in [0.2, 0.25) is 0 Å². The van der Waals surface area contributed by atoms with Gasteiger partial charge in [0.05, 0.1) is 20.1 Å². The molecule has 0 aromatic heterocycles. The number of nitrogens with zero attached hydrogens (tertiary/aromatic N) is 1. The Morgan fingerprint density at radius 1 is 1.04 bits per heavy atom. The molecule has 3 atom stereocenters. The highest BCUT2D eigenvalue weighted by molar-refractivity contribution is 5.96. The molecule has 2 heterocycles. The number of halogens is 1. The number of carbonyl (C=O) groups is 1. The molecule has 1 N–H and O–H groups in total. The number of fused-ring (bicyclic) bond motifs is 5. The summed E-state index contributed by atoms with van der Waals surface area (Å²) in [4.78, 5) is 13.4. The maximum absolute atomic E-state index is 13.4. The number of aliphatic hydroxyl groups is 1. The minimum Gasteiger partial charge on any atom is -1.00 e. The Labute approximate surface area is 176 Å². The van der Waals surface area contributed by atoms with Crippen LogP contribution in [-0.4, -0.2) is 47.8 Å². The number of hydrogen-bond donors (Lipinski definition) is 1. The Morgan fingerprint density at radius 2 is 1.61 bits per heavy atom. The SMILES string of the molecule is C[N+]1(C)C2CCCC1[C@H](OC(=O)C1(O)c3ccccc3-c3ccccc31)C2.[Br-]. The maximum atomic E-state index is 13.4. The van der Waals surface area contributed by atoms with Gasteiger partial charge in [0, 0.05) is 24.0 Å². The molecule has 2 unspecified atom stereocenters. The molecule has 2 bridgehead atoms. The summed E-state index contributed by atoms with van der Waals surface area (Å²) in [5, 5.41) is 11.6. The summed E-state index contributed by atoms with van der Waals surface area (Å²) < 4.78 is 6.98. The number of likely N-dealkylation sites (N-methyl/N-ethyl adjacent to an activating group) is 1. The number of esters is 1. The van der Waals surface area contributed by atoms with Crippen LogP contribution in [0.15, 0.2) is 48.5 Å². The van der Waals surface area contributed by atoms with Gasteiger partial charge in [0.15, 0.2) is 6.10 Å². The Balaban J connectivity index is 0.00000192. The summed E-state index contributed by atoms with van der Waals surface area (Å²) in [5.41, 5.74) is 1.36. The summed E-state index contributed by atoms with van der Waals surface area (Å²) in [6, 6.07) is 16.1. The lowest BCUT2D eigenvalue weighted by Crippen LogP contribution is -3.00. The third-order valence-electron chi connectivity index (χ3n) is 7.24. The van der Waals surface area contributed by atoms with Crippen LogP contribution in [0.1, 0.15) is 36.8 Å². The van der Waals surface area contributed by atoms with Crippen molar-refractivity contribution >= 4 is 5.97 Å². The molecule has 5 heteroatoms. The van der Waals surface area contributed by atoms with E-state index in [1.807, 2.05) is 48.5 Å². The average molecular weight is 444 g/mol. The van der Waals surface area contributed by atoms with Crippen LogP contribution >= 0.6 is 0 Å². The standard InChI is InChI=1S/C23H26NO3.BrH/c1-24(2)15-8-7-13-20(24)21(14-15)27-22(25)23(26)18-11-5-3-9-16(18)17-10-4-6-12-19(17)23;/h3-6,9-12,15,20-21,26H,7-8,13-14H2,1-2H3;1H/q+1;/p-1/t15?,20?,21-;/m1./s1. The summed E-state index contributed by atoms with van der Waals surface area (Å²) in [7, 11) is 4.49. The van der Waals surface area contributed by atoms with E-state index in [0.29, 0.717) is 23.2 Å². The summed E-state index contributed by atoms with van der Waals surface area (Å²) >= 11 is 0. The molecule has 1 aliphatic carbocycles. The van der Waals surface area contributed by atoms with Crippen LogP contribution in [-0.2, 0) is 15.1 Å². The zero-order chi connectivity index (χ0) is 18.8. The van der Waals surface area contributed by atoms with Crippen molar-refractivity contribution in [3.05, 3.63) is 59.7 Å². The minimum absolute atomic E-state index is 0. The first-order valence-corrected chi connectivity index (χ1v) is 9.90. The lowest BCUT2D eigenvalue weighted by atomic mass is 9.91. The molecule has 2 aliphatic heterocycles. The number of ether oxygens (including phenoxy) is 1. The zero-order valence-electron chi connectivity index (χ0n) is 16.3. The van der Waals surface area contributed by atoms with Gasteiger partial charge in [-0.1, -0.05) is 48.5 Å². The number of hydrogen-bond acceptors (Lipinski definition) is 3. The van der Waals surface area contributed by atoms with Crippen LogP contribution in [0.3, 0.4) is 0 Å². The van der Waals surface area contributed by atoms with Crippen molar-refractivity contribution < 1.29 is 36.1 Å². The molecule has 4 nitrogen and oxygen atoms in total. The van der Waals surface area contributed by atoms with Gasteiger partial charge in [0.25, 0.3) is 0 Å². The molecular weight excluding hydrogens is 418 g/mol. The smallest absolute Gasteiger partial charge is 0.348 e. The first-order chi connectivity index (χ1) is 12.9. The Hall–Kier alpha value is -1.69. The first-order valence-electron chi connectivity index (χ1n) is 9.90. The van der Waals surface area contributed by atoms with Crippen molar-refractivity contribution in [1.29, 1.82) is 0 Å². The molecular formula is C23H26BrNO3. The highest BCUT2D eigenvalue weighted by Gasteiger charge is 2.56. The van der Waals surface area contributed by atoms with Gasteiger partial charge >= 0.3 is 5.97 Å². The van der Waals surface area contributed by atoms with Crippen molar-refractivity contribution in [2.75, 3.05) is 14.1 Å². The fourth-order valence-electron chi connectivity index (χ4n) is 5.71. The van der Waals surface area contributed by atoms with E-state index in [2.05, 4.69) is 14.1 Å². The Kier molecular flexibility index (Phi) is 4.68. The van der Waals surface area contributed by atoms with E-state index in [4.69, 9.17) is 4.74 Å². The minimum atomic E-state index is -1.72. The van der Waals surface area contributed by atoms with Gasteiger partial charge in [-0.3, -0.25) is 0 Å².